The first-order chi connectivity index (χ1) is 16.6. The fourth-order valence-electron chi connectivity index (χ4n) is 4.87. The number of alkyl carbamates (subject to hydrolysis) is 2. The maximum Gasteiger partial charge on any atom is 0.407 e. The van der Waals surface area contributed by atoms with E-state index >= 15 is 0 Å². The lowest BCUT2D eigenvalue weighted by Gasteiger charge is -2.34. The third-order valence-electron chi connectivity index (χ3n) is 7.08. The van der Waals surface area contributed by atoms with Gasteiger partial charge in [-0.1, -0.05) is 13.2 Å². The van der Waals surface area contributed by atoms with Crippen LogP contribution >= 0.6 is 0 Å². The van der Waals surface area contributed by atoms with E-state index in [4.69, 9.17) is 9.47 Å². The molecule has 2 N–H and O–H groups in total. The van der Waals surface area contributed by atoms with Crippen molar-refractivity contribution in [3.8, 4) is 0 Å². The molecule has 0 spiro atoms. The summed E-state index contributed by atoms with van der Waals surface area (Å²) < 4.78 is 10.2. The summed E-state index contributed by atoms with van der Waals surface area (Å²) in [7, 11) is 0. The van der Waals surface area contributed by atoms with Crippen molar-refractivity contribution in [2.24, 2.45) is 11.8 Å². The number of nitrogens with one attached hydrogen (secondary N) is 2. The molecule has 0 aromatic rings. The van der Waals surface area contributed by atoms with E-state index < -0.39 is 12.2 Å². The molecule has 2 aliphatic carbocycles. The lowest BCUT2D eigenvalue weighted by atomic mass is 9.76. The minimum Gasteiger partial charge on any atom is -0.449 e. The zero-order valence-electron chi connectivity index (χ0n) is 21.4. The summed E-state index contributed by atoms with van der Waals surface area (Å²) in [6, 6.07) is 0.263. The van der Waals surface area contributed by atoms with Gasteiger partial charge < -0.3 is 20.1 Å². The quantitative estimate of drug-likeness (QED) is 0.372. The van der Waals surface area contributed by atoms with Crippen LogP contribution in [0.15, 0.2) is 24.3 Å². The average Bonchev–Trinajstić information content (AvgIpc) is 2.81. The van der Waals surface area contributed by atoms with Crippen LogP contribution in [0.2, 0.25) is 0 Å². The third-order valence-corrected chi connectivity index (χ3v) is 7.08. The second-order valence-corrected chi connectivity index (χ2v) is 10.1. The number of allylic oxidation sites excluding steroid dienone is 2. The predicted octanol–water partition coefficient (Wildman–Crippen LogP) is 5.02. The van der Waals surface area contributed by atoms with Gasteiger partial charge in [0, 0.05) is 24.9 Å². The number of hydrogen-bond donors (Lipinski definition) is 2. The summed E-state index contributed by atoms with van der Waals surface area (Å²) in [5, 5.41) is 5.85. The van der Waals surface area contributed by atoms with E-state index in [1.807, 2.05) is 0 Å². The van der Waals surface area contributed by atoms with Crippen LogP contribution in [0.1, 0.15) is 84.5 Å². The molecular formula is C27H42N2O6. The molecule has 0 aromatic heterocycles. The summed E-state index contributed by atoms with van der Waals surface area (Å²) in [4.78, 5) is 46.9. The molecule has 2 amide bonds. The van der Waals surface area contributed by atoms with Gasteiger partial charge in [0.1, 0.15) is 13.2 Å². The Hall–Kier alpha value is -2.64. The standard InChI is InChI=1S/C27H42N2O6/c1-18(2)24(30)13-15-34-26(32)28-22-9-5-20(6-10-22)17-21-7-11-23(12-8-21)29-27(33)35-16-14-25(31)19(3)4/h20-23H,1,3,5-17H2,2,4H3,(H,28,32)(H,29,33). The molecule has 8 nitrogen and oxygen atoms in total. The van der Waals surface area contributed by atoms with Crippen LogP contribution in [0.3, 0.4) is 0 Å². The molecule has 0 aromatic carbocycles. The second-order valence-electron chi connectivity index (χ2n) is 10.1. The van der Waals surface area contributed by atoms with Crippen LogP contribution in [0.25, 0.3) is 0 Å². The number of Topliss-reactive ketones (excluding diaryl/α,β-unsaturated/α-hetero) is 2. The van der Waals surface area contributed by atoms with Gasteiger partial charge >= 0.3 is 12.2 Å². The number of hydrogen-bond acceptors (Lipinski definition) is 6. The van der Waals surface area contributed by atoms with Crippen LogP contribution in [0, 0.1) is 11.8 Å². The van der Waals surface area contributed by atoms with Gasteiger partial charge in [0.25, 0.3) is 0 Å². The third kappa shape index (κ3) is 11.1. The molecule has 2 aliphatic rings. The van der Waals surface area contributed by atoms with Crippen molar-refractivity contribution in [1.82, 2.24) is 10.6 Å². The van der Waals surface area contributed by atoms with E-state index in [9.17, 15) is 19.2 Å². The highest BCUT2D eigenvalue weighted by atomic mass is 16.6. The van der Waals surface area contributed by atoms with Gasteiger partial charge in [0.05, 0.1) is 0 Å². The molecule has 0 bridgehead atoms. The number of carbonyl (C=O) groups excluding carboxylic acids is 4. The van der Waals surface area contributed by atoms with Crippen molar-refractivity contribution in [3.63, 3.8) is 0 Å². The summed E-state index contributed by atoms with van der Waals surface area (Å²) in [5.74, 6) is 1.16. The van der Waals surface area contributed by atoms with E-state index in [1.165, 1.54) is 6.42 Å². The topological polar surface area (TPSA) is 111 Å². The fourth-order valence-corrected chi connectivity index (χ4v) is 4.87. The van der Waals surface area contributed by atoms with Crippen LogP contribution in [0.4, 0.5) is 9.59 Å². The molecule has 196 valence electrons. The van der Waals surface area contributed by atoms with Gasteiger partial charge in [-0.3, -0.25) is 9.59 Å². The molecular weight excluding hydrogens is 448 g/mol. The molecule has 8 heteroatoms. The largest absolute Gasteiger partial charge is 0.449 e. The highest BCUT2D eigenvalue weighted by Gasteiger charge is 2.28. The van der Waals surface area contributed by atoms with E-state index in [0.717, 1.165) is 51.4 Å². The molecule has 0 radical (unpaired) electrons. The Labute approximate surface area is 209 Å². The number of rotatable bonds is 12. The maximum absolute atomic E-state index is 12.0. The number of carbonyl (C=O) groups is 4. The molecule has 2 saturated carbocycles. The van der Waals surface area contributed by atoms with E-state index in [0.29, 0.717) is 23.0 Å². The minimum absolute atomic E-state index is 0.0802. The predicted molar refractivity (Wildman–Crippen MR) is 134 cm³/mol. The first-order valence-corrected chi connectivity index (χ1v) is 12.9. The van der Waals surface area contributed by atoms with Crippen molar-refractivity contribution in [2.45, 2.75) is 96.6 Å². The average molecular weight is 491 g/mol. The Morgan fingerprint density at radius 1 is 0.657 bits per heavy atom. The minimum atomic E-state index is -0.449. The van der Waals surface area contributed by atoms with Crippen molar-refractivity contribution >= 4 is 23.8 Å². The van der Waals surface area contributed by atoms with E-state index in [-0.39, 0.29) is 49.7 Å². The van der Waals surface area contributed by atoms with Crippen LogP contribution in [0.5, 0.6) is 0 Å². The first-order valence-electron chi connectivity index (χ1n) is 12.9. The van der Waals surface area contributed by atoms with Gasteiger partial charge in [0.2, 0.25) is 0 Å². The van der Waals surface area contributed by atoms with Gasteiger partial charge in [-0.15, -0.1) is 0 Å². The zero-order chi connectivity index (χ0) is 25.8. The fraction of sp³-hybridized carbons (Fsp3) is 0.704. The molecule has 2 fully saturated rings. The van der Waals surface area contributed by atoms with Gasteiger partial charge in [-0.05, 0) is 94.6 Å². The lowest BCUT2D eigenvalue weighted by molar-refractivity contribution is -0.116. The van der Waals surface area contributed by atoms with E-state index in [2.05, 4.69) is 23.8 Å². The van der Waals surface area contributed by atoms with Crippen molar-refractivity contribution < 1.29 is 28.7 Å². The maximum atomic E-state index is 12.0. The van der Waals surface area contributed by atoms with Gasteiger partial charge in [-0.2, -0.15) is 0 Å². The summed E-state index contributed by atoms with van der Waals surface area (Å²) in [6.07, 6.45) is 8.78. The summed E-state index contributed by atoms with van der Waals surface area (Å²) >= 11 is 0. The SMILES string of the molecule is C=C(C)C(=O)CCOC(=O)NC1CCC(CC2CCC(NC(=O)OCCC(=O)C(=C)C)CC2)CC1. The first kappa shape index (κ1) is 28.6. The summed E-state index contributed by atoms with van der Waals surface area (Å²) in [5.41, 5.74) is 0.951. The smallest absolute Gasteiger partial charge is 0.407 e. The van der Waals surface area contributed by atoms with E-state index in [1.54, 1.807) is 13.8 Å². The monoisotopic (exact) mass is 490 g/mol. The number of ether oxygens (including phenoxy) is 2. The zero-order valence-corrected chi connectivity index (χ0v) is 21.4. The Kier molecular flexibility index (Phi) is 12.0. The highest BCUT2D eigenvalue weighted by Crippen LogP contribution is 2.35. The molecule has 0 saturated heterocycles. The Morgan fingerprint density at radius 2 is 1.00 bits per heavy atom. The van der Waals surface area contributed by atoms with Gasteiger partial charge in [0.15, 0.2) is 11.6 Å². The van der Waals surface area contributed by atoms with Crippen LogP contribution in [-0.4, -0.2) is 49.1 Å². The van der Waals surface area contributed by atoms with Crippen molar-refractivity contribution in [1.29, 1.82) is 0 Å². The molecule has 0 heterocycles. The van der Waals surface area contributed by atoms with Crippen LogP contribution in [-0.2, 0) is 19.1 Å². The molecule has 35 heavy (non-hydrogen) atoms. The Morgan fingerprint density at radius 3 is 1.31 bits per heavy atom. The molecule has 0 aliphatic heterocycles. The molecule has 0 unspecified atom stereocenters. The van der Waals surface area contributed by atoms with Gasteiger partial charge in [-0.25, -0.2) is 9.59 Å². The molecule has 2 rings (SSSR count). The summed E-state index contributed by atoms with van der Waals surface area (Å²) in [6.45, 7) is 10.6. The molecule has 0 atom stereocenters. The number of ketones is 2. The second kappa shape index (κ2) is 14.7. The Balaban J connectivity index is 1.55. The number of amides is 2. The van der Waals surface area contributed by atoms with Crippen molar-refractivity contribution in [2.75, 3.05) is 13.2 Å². The van der Waals surface area contributed by atoms with Crippen LogP contribution < -0.4 is 10.6 Å². The van der Waals surface area contributed by atoms with Crippen molar-refractivity contribution in [3.05, 3.63) is 24.3 Å². The normalized spacial score (nSPS) is 24.1. The Bertz CT molecular complexity index is 713. The highest BCUT2D eigenvalue weighted by molar-refractivity contribution is 5.94. The lowest BCUT2D eigenvalue weighted by Crippen LogP contribution is -2.39.